The standard InChI is InChI=1S/C11H13NO5.C6H6/c13-8(9(14)11(16)17)10(15)12-6-7-4-2-1-3-5-7;1-2-4-6-5-3-1/h1-5,8-9,13-14H,6H2,(H,12,15)(H,16,17);1-6H. The zero-order valence-corrected chi connectivity index (χ0v) is 12.4. The van der Waals surface area contributed by atoms with Crippen LogP contribution in [0.15, 0.2) is 66.7 Å². The van der Waals surface area contributed by atoms with Gasteiger partial charge >= 0.3 is 5.97 Å². The van der Waals surface area contributed by atoms with Gasteiger partial charge < -0.3 is 20.6 Å². The lowest BCUT2D eigenvalue weighted by Crippen LogP contribution is -2.45. The first-order chi connectivity index (χ1) is 11.0. The molecule has 0 fully saturated rings. The molecule has 6 heteroatoms. The van der Waals surface area contributed by atoms with Crippen molar-refractivity contribution in [2.75, 3.05) is 0 Å². The lowest BCUT2D eigenvalue weighted by Gasteiger charge is -2.13. The Balaban J connectivity index is 0.000000366. The third kappa shape index (κ3) is 7.21. The average molecular weight is 317 g/mol. The van der Waals surface area contributed by atoms with Gasteiger partial charge in [-0.3, -0.25) is 4.79 Å². The van der Waals surface area contributed by atoms with Crippen molar-refractivity contribution in [2.24, 2.45) is 0 Å². The number of amides is 1. The van der Waals surface area contributed by atoms with E-state index in [4.69, 9.17) is 10.2 Å². The normalized spacial score (nSPS) is 12.3. The van der Waals surface area contributed by atoms with Crippen molar-refractivity contribution in [3.63, 3.8) is 0 Å². The molecule has 0 aliphatic rings. The van der Waals surface area contributed by atoms with Crippen molar-refractivity contribution in [1.82, 2.24) is 5.32 Å². The zero-order chi connectivity index (χ0) is 17.1. The van der Waals surface area contributed by atoms with Crippen LogP contribution in [0.5, 0.6) is 0 Å². The first-order valence-electron chi connectivity index (χ1n) is 6.93. The number of hydrogen-bond acceptors (Lipinski definition) is 4. The van der Waals surface area contributed by atoms with Crippen molar-refractivity contribution in [1.29, 1.82) is 0 Å². The van der Waals surface area contributed by atoms with Gasteiger partial charge in [-0.25, -0.2) is 4.79 Å². The van der Waals surface area contributed by atoms with Gasteiger partial charge in [-0.05, 0) is 5.56 Å². The number of carboxylic acid groups (broad SMARTS) is 1. The van der Waals surface area contributed by atoms with Crippen molar-refractivity contribution in [2.45, 2.75) is 18.8 Å². The SMILES string of the molecule is O=C(O)C(O)C(O)C(=O)NCc1ccccc1.c1ccccc1. The van der Waals surface area contributed by atoms with Crippen LogP contribution in [-0.2, 0) is 16.1 Å². The smallest absolute Gasteiger partial charge is 0.335 e. The number of aliphatic hydroxyl groups excluding tert-OH is 2. The fourth-order valence-corrected chi connectivity index (χ4v) is 1.55. The number of carboxylic acids is 1. The van der Waals surface area contributed by atoms with Crippen LogP contribution in [0, 0.1) is 0 Å². The van der Waals surface area contributed by atoms with E-state index in [0.29, 0.717) is 0 Å². The first-order valence-corrected chi connectivity index (χ1v) is 6.93. The number of rotatable bonds is 5. The summed E-state index contributed by atoms with van der Waals surface area (Å²) in [6.45, 7) is 0.156. The predicted molar refractivity (Wildman–Crippen MR) is 84.4 cm³/mol. The molecule has 0 bridgehead atoms. The second kappa shape index (κ2) is 10.1. The molecule has 2 rings (SSSR count). The van der Waals surface area contributed by atoms with Gasteiger partial charge in [-0.2, -0.15) is 0 Å². The minimum Gasteiger partial charge on any atom is -0.479 e. The second-order valence-electron chi connectivity index (χ2n) is 4.59. The molecule has 0 aromatic heterocycles. The van der Waals surface area contributed by atoms with E-state index in [-0.39, 0.29) is 6.54 Å². The van der Waals surface area contributed by atoms with Crippen LogP contribution in [-0.4, -0.2) is 39.4 Å². The van der Waals surface area contributed by atoms with Gasteiger partial charge in [0.25, 0.3) is 5.91 Å². The van der Waals surface area contributed by atoms with E-state index < -0.39 is 24.1 Å². The maximum absolute atomic E-state index is 11.3. The van der Waals surface area contributed by atoms with Crippen molar-refractivity contribution in [3.8, 4) is 0 Å². The van der Waals surface area contributed by atoms with Crippen molar-refractivity contribution < 1.29 is 24.9 Å². The zero-order valence-electron chi connectivity index (χ0n) is 12.4. The molecule has 0 radical (unpaired) electrons. The number of benzene rings is 2. The molecule has 2 aromatic rings. The molecule has 2 unspecified atom stereocenters. The topological polar surface area (TPSA) is 107 Å². The maximum atomic E-state index is 11.3. The van der Waals surface area contributed by atoms with E-state index >= 15 is 0 Å². The Labute approximate surface area is 134 Å². The highest BCUT2D eigenvalue weighted by Gasteiger charge is 2.29. The van der Waals surface area contributed by atoms with Crippen LogP contribution in [0.2, 0.25) is 0 Å². The van der Waals surface area contributed by atoms with E-state index in [0.717, 1.165) is 5.56 Å². The third-order valence-electron chi connectivity index (χ3n) is 2.80. The Kier molecular flexibility index (Phi) is 8.06. The summed E-state index contributed by atoms with van der Waals surface area (Å²) in [5, 5.41) is 28.9. The van der Waals surface area contributed by atoms with Crippen LogP contribution in [0.1, 0.15) is 5.56 Å². The monoisotopic (exact) mass is 317 g/mol. The van der Waals surface area contributed by atoms with Crippen molar-refractivity contribution in [3.05, 3.63) is 72.3 Å². The Hall–Kier alpha value is -2.70. The minimum atomic E-state index is -2.12. The number of aliphatic carboxylic acids is 1. The van der Waals surface area contributed by atoms with Crippen LogP contribution in [0.25, 0.3) is 0 Å². The minimum absolute atomic E-state index is 0.156. The van der Waals surface area contributed by atoms with Crippen LogP contribution >= 0.6 is 0 Å². The van der Waals surface area contributed by atoms with Gasteiger partial charge in [-0.1, -0.05) is 66.7 Å². The molecule has 6 nitrogen and oxygen atoms in total. The number of aliphatic hydroxyl groups is 2. The first kappa shape index (κ1) is 18.3. The molecule has 0 saturated carbocycles. The van der Waals surface area contributed by atoms with Gasteiger partial charge in [0, 0.05) is 6.54 Å². The molecule has 0 spiro atoms. The van der Waals surface area contributed by atoms with Gasteiger partial charge in [-0.15, -0.1) is 0 Å². The summed E-state index contributed by atoms with van der Waals surface area (Å²) in [6.07, 6.45) is -4.10. The lowest BCUT2D eigenvalue weighted by molar-refractivity contribution is -0.158. The van der Waals surface area contributed by atoms with E-state index in [9.17, 15) is 14.7 Å². The fourth-order valence-electron chi connectivity index (χ4n) is 1.55. The summed E-state index contributed by atoms with van der Waals surface area (Å²) in [5.74, 6) is -2.57. The number of carbonyl (C=O) groups is 2. The van der Waals surface area contributed by atoms with E-state index in [1.54, 1.807) is 24.3 Å². The van der Waals surface area contributed by atoms with Gasteiger partial charge in [0.2, 0.25) is 0 Å². The molecule has 2 atom stereocenters. The summed E-state index contributed by atoms with van der Waals surface area (Å²) in [7, 11) is 0. The summed E-state index contributed by atoms with van der Waals surface area (Å²) < 4.78 is 0. The van der Waals surface area contributed by atoms with Crippen LogP contribution in [0.3, 0.4) is 0 Å². The molecule has 0 heterocycles. The molecule has 1 amide bonds. The van der Waals surface area contributed by atoms with Crippen LogP contribution in [0.4, 0.5) is 0 Å². The lowest BCUT2D eigenvalue weighted by atomic mass is 10.2. The largest absolute Gasteiger partial charge is 0.479 e. The van der Waals surface area contributed by atoms with Gasteiger partial charge in [0.15, 0.2) is 12.2 Å². The summed E-state index contributed by atoms with van der Waals surface area (Å²) in [6, 6.07) is 20.9. The van der Waals surface area contributed by atoms with Gasteiger partial charge in [0.05, 0.1) is 0 Å². The summed E-state index contributed by atoms with van der Waals surface area (Å²) >= 11 is 0. The Bertz CT molecular complexity index is 562. The number of carbonyl (C=O) groups excluding carboxylic acids is 1. The molecule has 2 aromatic carbocycles. The molecular formula is C17H19NO5. The predicted octanol–water partition coefficient (Wildman–Crippen LogP) is 0.796. The highest BCUT2D eigenvalue weighted by Crippen LogP contribution is 1.99. The summed E-state index contributed by atoms with van der Waals surface area (Å²) in [4.78, 5) is 21.6. The molecule has 0 aliphatic heterocycles. The molecule has 0 aliphatic carbocycles. The highest BCUT2D eigenvalue weighted by atomic mass is 16.4. The Morgan fingerprint density at radius 1 is 0.826 bits per heavy atom. The van der Waals surface area contributed by atoms with Gasteiger partial charge in [0.1, 0.15) is 0 Å². The molecule has 0 saturated heterocycles. The molecule has 23 heavy (non-hydrogen) atoms. The Morgan fingerprint density at radius 3 is 1.70 bits per heavy atom. The molecule has 4 N–H and O–H groups in total. The Morgan fingerprint density at radius 2 is 1.26 bits per heavy atom. The highest BCUT2D eigenvalue weighted by molar-refractivity contribution is 5.87. The molecular weight excluding hydrogens is 298 g/mol. The van der Waals surface area contributed by atoms with E-state index in [1.165, 1.54) is 0 Å². The van der Waals surface area contributed by atoms with Crippen LogP contribution < -0.4 is 5.32 Å². The second-order valence-corrected chi connectivity index (χ2v) is 4.59. The van der Waals surface area contributed by atoms with Crippen molar-refractivity contribution >= 4 is 11.9 Å². The average Bonchev–Trinajstić information content (AvgIpc) is 2.61. The quantitative estimate of drug-likeness (QED) is 0.652. The van der Waals surface area contributed by atoms with E-state index in [1.807, 2.05) is 42.5 Å². The maximum Gasteiger partial charge on any atom is 0.335 e. The fraction of sp³-hybridized carbons (Fsp3) is 0.176. The van der Waals surface area contributed by atoms with E-state index in [2.05, 4.69) is 5.32 Å². The number of nitrogens with one attached hydrogen (secondary N) is 1. The molecule has 122 valence electrons. The number of hydrogen-bond donors (Lipinski definition) is 4. The third-order valence-corrected chi connectivity index (χ3v) is 2.80. The summed E-state index contributed by atoms with van der Waals surface area (Å²) in [5.41, 5.74) is 0.804.